The van der Waals surface area contributed by atoms with Crippen molar-refractivity contribution < 1.29 is 45.5 Å². The van der Waals surface area contributed by atoms with Crippen molar-refractivity contribution in [1.29, 1.82) is 0 Å². The molecule has 5 nitrogen and oxygen atoms in total. The monoisotopic (exact) mass is 425 g/mol. The van der Waals surface area contributed by atoms with E-state index in [1.54, 1.807) is 13.0 Å². The molecule has 0 atom stereocenters. The molecule has 0 aliphatic carbocycles. The Balaban J connectivity index is 0.000000734. The van der Waals surface area contributed by atoms with Gasteiger partial charge in [-0.1, -0.05) is 12.1 Å². The number of halogens is 6. The number of ketones is 2. The first-order chi connectivity index (χ1) is 13.2. The van der Waals surface area contributed by atoms with Crippen LogP contribution in [0.4, 0.5) is 32.0 Å². The first kappa shape index (κ1) is 25.9. The van der Waals surface area contributed by atoms with Crippen molar-refractivity contribution in [3.8, 4) is 0 Å². The van der Waals surface area contributed by atoms with Crippen LogP contribution in [0.25, 0.3) is 0 Å². The van der Waals surface area contributed by atoms with Gasteiger partial charge < -0.3 is 10.1 Å². The normalized spacial score (nSPS) is 11.8. The standard InChI is InChI=1S/C13H12F3NO3.C5H5F3O/c1-8-3-4-9(12(19)20-2)7-10(8)17-6-5-11(18)13(14,15)16;1-2-3-4(9)5(6,7)8/h3-7,17H,1-2H3;2-3H,1H3/b6-5-;3-2+. The third-order valence-electron chi connectivity index (χ3n) is 3.01. The Morgan fingerprint density at radius 1 is 0.966 bits per heavy atom. The molecular formula is C18H17F6NO4. The second-order valence-corrected chi connectivity index (χ2v) is 5.22. The number of aryl methyl sites for hydroxylation is 1. The Kier molecular flexibility index (Phi) is 9.85. The van der Waals surface area contributed by atoms with E-state index in [2.05, 4.69) is 10.1 Å². The van der Waals surface area contributed by atoms with E-state index in [0.29, 0.717) is 23.4 Å². The van der Waals surface area contributed by atoms with E-state index in [1.807, 2.05) is 0 Å². The van der Waals surface area contributed by atoms with Gasteiger partial charge in [0.15, 0.2) is 0 Å². The molecule has 0 spiro atoms. The highest BCUT2D eigenvalue weighted by Crippen LogP contribution is 2.19. The Bertz CT molecular complexity index is 795. The average molecular weight is 425 g/mol. The zero-order valence-electron chi connectivity index (χ0n) is 15.4. The summed E-state index contributed by atoms with van der Waals surface area (Å²) in [5.41, 5.74) is 1.34. The van der Waals surface area contributed by atoms with Gasteiger partial charge in [0.05, 0.1) is 12.7 Å². The molecule has 0 heterocycles. The largest absolute Gasteiger partial charge is 0.465 e. The van der Waals surface area contributed by atoms with Gasteiger partial charge in [0.1, 0.15) is 0 Å². The number of ether oxygens (including phenoxy) is 1. The smallest absolute Gasteiger partial charge is 0.454 e. The van der Waals surface area contributed by atoms with Gasteiger partial charge >= 0.3 is 18.3 Å². The summed E-state index contributed by atoms with van der Waals surface area (Å²) < 4.78 is 74.2. The predicted octanol–water partition coefficient (Wildman–Crippen LogP) is 4.53. The van der Waals surface area contributed by atoms with Crippen molar-refractivity contribution in [1.82, 2.24) is 0 Å². The summed E-state index contributed by atoms with van der Waals surface area (Å²) in [5.74, 6) is -4.35. The van der Waals surface area contributed by atoms with Crippen molar-refractivity contribution in [3.63, 3.8) is 0 Å². The molecule has 29 heavy (non-hydrogen) atoms. The van der Waals surface area contributed by atoms with Crippen LogP contribution < -0.4 is 5.32 Å². The molecule has 0 bridgehead atoms. The number of allylic oxidation sites excluding steroid dienone is 3. The molecule has 160 valence electrons. The van der Waals surface area contributed by atoms with Gasteiger partial charge in [-0.05, 0) is 37.6 Å². The molecule has 1 rings (SSSR count). The van der Waals surface area contributed by atoms with Gasteiger partial charge in [0.2, 0.25) is 0 Å². The average Bonchev–Trinajstić information content (AvgIpc) is 2.61. The van der Waals surface area contributed by atoms with Crippen molar-refractivity contribution in [2.24, 2.45) is 0 Å². The SMILES string of the molecule is C/C=C/C(=O)C(F)(F)F.COC(=O)c1ccc(C)c(N/C=C\C(=O)C(F)(F)F)c1. The van der Waals surface area contributed by atoms with Gasteiger partial charge in [-0.2, -0.15) is 26.3 Å². The van der Waals surface area contributed by atoms with Crippen LogP contribution >= 0.6 is 0 Å². The minimum Gasteiger partial charge on any atom is -0.465 e. The number of esters is 1. The lowest BCUT2D eigenvalue weighted by Gasteiger charge is -2.07. The highest BCUT2D eigenvalue weighted by atomic mass is 19.4. The first-order valence-corrected chi connectivity index (χ1v) is 7.71. The van der Waals surface area contributed by atoms with Crippen molar-refractivity contribution in [3.05, 3.63) is 53.8 Å². The molecule has 0 aliphatic heterocycles. The summed E-state index contributed by atoms with van der Waals surface area (Å²) >= 11 is 0. The number of carbonyl (C=O) groups excluding carboxylic acids is 3. The van der Waals surface area contributed by atoms with Crippen LogP contribution in [0.2, 0.25) is 0 Å². The van der Waals surface area contributed by atoms with Crippen molar-refractivity contribution in [2.75, 3.05) is 12.4 Å². The topological polar surface area (TPSA) is 72.5 Å². The number of anilines is 1. The van der Waals surface area contributed by atoms with Crippen LogP contribution in [0.3, 0.4) is 0 Å². The second-order valence-electron chi connectivity index (χ2n) is 5.22. The van der Waals surface area contributed by atoms with E-state index in [-0.39, 0.29) is 5.56 Å². The quantitative estimate of drug-likeness (QED) is 0.426. The number of hydrogen-bond donors (Lipinski definition) is 1. The molecule has 11 heteroatoms. The van der Waals surface area contributed by atoms with Gasteiger partial charge in [0, 0.05) is 18.0 Å². The molecule has 1 N–H and O–H groups in total. The van der Waals surface area contributed by atoms with Gasteiger partial charge in [-0.3, -0.25) is 9.59 Å². The second kappa shape index (κ2) is 11.0. The fourth-order valence-electron chi connectivity index (χ4n) is 1.57. The molecule has 0 aliphatic rings. The van der Waals surface area contributed by atoms with Crippen LogP contribution in [-0.2, 0) is 14.3 Å². The summed E-state index contributed by atoms with van der Waals surface area (Å²) in [6, 6.07) is 4.55. The molecule has 0 saturated carbocycles. The van der Waals surface area contributed by atoms with E-state index in [4.69, 9.17) is 0 Å². The fourth-order valence-corrected chi connectivity index (χ4v) is 1.57. The molecular weight excluding hydrogens is 408 g/mol. The number of methoxy groups -OCH3 is 1. The summed E-state index contributed by atoms with van der Waals surface area (Å²) in [6.07, 6.45) is -6.83. The van der Waals surface area contributed by atoms with E-state index in [9.17, 15) is 40.7 Å². The number of alkyl halides is 6. The Hall–Kier alpha value is -3.11. The van der Waals surface area contributed by atoms with Crippen LogP contribution in [0.5, 0.6) is 0 Å². The van der Waals surface area contributed by atoms with Crippen LogP contribution in [-0.4, -0.2) is 37.0 Å². The maximum Gasteiger partial charge on any atom is 0.454 e. The fraction of sp³-hybridized carbons (Fsp3) is 0.278. The lowest BCUT2D eigenvalue weighted by molar-refractivity contribution is -0.165. The minimum atomic E-state index is -4.90. The predicted molar refractivity (Wildman–Crippen MR) is 92.2 cm³/mol. The maximum atomic E-state index is 12.0. The first-order valence-electron chi connectivity index (χ1n) is 7.71. The lowest BCUT2D eigenvalue weighted by Crippen LogP contribution is -2.20. The summed E-state index contributed by atoms with van der Waals surface area (Å²) in [7, 11) is 1.22. The Morgan fingerprint density at radius 3 is 1.90 bits per heavy atom. The molecule has 0 amide bonds. The van der Waals surface area contributed by atoms with Crippen molar-refractivity contribution >= 4 is 23.2 Å². The highest BCUT2D eigenvalue weighted by Gasteiger charge is 2.36. The molecule has 0 unspecified atom stereocenters. The van der Waals surface area contributed by atoms with Gasteiger partial charge in [-0.25, -0.2) is 4.79 Å². The highest BCUT2D eigenvalue weighted by molar-refractivity contribution is 5.95. The zero-order valence-corrected chi connectivity index (χ0v) is 15.4. The number of hydrogen-bond acceptors (Lipinski definition) is 5. The summed E-state index contributed by atoms with van der Waals surface area (Å²) in [4.78, 5) is 31.8. The third kappa shape index (κ3) is 9.58. The van der Waals surface area contributed by atoms with E-state index < -0.39 is 29.9 Å². The molecule has 0 aromatic heterocycles. The Morgan fingerprint density at radius 2 is 1.48 bits per heavy atom. The van der Waals surface area contributed by atoms with E-state index in [0.717, 1.165) is 12.3 Å². The van der Waals surface area contributed by atoms with Crippen LogP contribution in [0.1, 0.15) is 22.8 Å². The number of benzene rings is 1. The van der Waals surface area contributed by atoms with Crippen LogP contribution in [0.15, 0.2) is 42.6 Å². The minimum absolute atomic E-state index is 0.246. The summed E-state index contributed by atoms with van der Waals surface area (Å²) in [6.45, 7) is 3.05. The third-order valence-corrected chi connectivity index (χ3v) is 3.01. The molecule has 1 aromatic rings. The van der Waals surface area contributed by atoms with Crippen LogP contribution in [0, 0.1) is 6.92 Å². The zero-order chi connectivity index (χ0) is 22.8. The molecule has 1 aromatic carbocycles. The van der Waals surface area contributed by atoms with E-state index in [1.165, 1.54) is 26.2 Å². The Labute approximate surface area is 162 Å². The lowest BCUT2D eigenvalue weighted by atomic mass is 10.1. The van der Waals surface area contributed by atoms with Crippen molar-refractivity contribution in [2.45, 2.75) is 26.2 Å². The number of carbonyl (C=O) groups is 3. The van der Waals surface area contributed by atoms with Gasteiger partial charge in [0.25, 0.3) is 11.6 Å². The summed E-state index contributed by atoms with van der Waals surface area (Å²) in [5, 5.41) is 2.53. The number of rotatable bonds is 5. The van der Waals surface area contributed by atoms with Gasteiger partial charge in [-0.15, -0.1) is 0 Å². The number of nitrogens with one attached hydrogen (secondary N) is 1. The maximum absolute atomic E-state index is 12.0. The molecule has 0 saturated heterocycles. The molecule has 0 radical (unpaired) electrons. The van der Waals surface area contributed by atoms with E-state index >= 15 is 0 Å². The molecule has 0 fully saturated rings.